The minimum atomic E-state index is -0.522. The van der Waals surface area contributed by atoms with Gasteiger partial charge in [-0.2, -0.15) is 0 Å². The molecule has 0 N–H and O–H groups in total. The molecule has 0 radical (unpaired) electrons. The van der Waals surface area contributed by atoms with Gasteiger partial charge in [-0.3, -0.25) is 4.79 Å². The lowest BCUT2D eigenvalue weighted by Crippen LogP contribution is -2.21. The maximum atomic E-state index is 12.9. The zero-order valence-electron chi connectivity index (χ0n) is 15.2. The van der Waals surface area contributed by atoms with Crippen LogP contribution in [0, 0.1) is 6.92 Å². The highest BCUT2D eigenvalue weighted by Crippen LogP contribution is 2.31. The Morgan fingerprint density at radius 1 is 1.23 bits per heavy atom. The number of benzene rings is 1. The van der Waals surface area contributed by atoms with E-state index in [0.29, 0.717) is 17.1 Å². The Bertz CT molecular complexity index is 936. The molecule has 1 heterocycles. The predicted molar refractivity (Wildman–Crippen MR) is 98.2 cm³/mol. The Labute approximate surface area is 151 Å². The fraction of sp³-hybridized carbons (Fsp3) is 0.250. The third-order valence-corrected chi connectivity index (χ3v) is 4.35. The van der Waals surface area contributed by atoms with Crippen LogP contribution in [0.3, 0.4) is 0 Å². The summed E-state index contributed by atoms with van der Waals surface area (Å²) in [5.74, 6) is -0.726. The first-order valence-electron chi connectivity index (χ1n) is 8.30. The largest absolute Gasteiger partial charge is 0.493 e. The molecule has 6 heteroatoms. The molecule has 26 heavy (non-hydrogen) atoms. The number of carbonyl (C=O) groups excluding carboxylic acids is 2. The van der Waals surface area contributed by atoms with Gasteiger partial charge >= 0.3 is 5.97 Å². The number of ketones is 1. The molecule has 0 amide bonds. The topological polar surface area (TPSA) is 69.9 Å². The summed E-state index contributed by atoms with van der Waals surface area (Å²) in [4.78, 5) is 30.0. The lowest BCUT2D eigenvalue weighted by Gasteiger charge is -2.16. The smallest absolute Gasteiger partial charge is 0.340 e. The average Bonchev–Trinajstić information content (AvgIpc) is 2.91. The van der Waals surface area contributed by atoms with E-state index in [9.17, 15) is 9.59 Å². The van der Waals surface area contributed by atoms with Crippen LogP contribution >= 0.6 is 0 Å². The average molecular weight is 352 g/mol. The lowest BCUT2D eigenvalue weighted by molar-refractivity contribution is 0.0522. The van der Waals surface area contributed by atoms with E-state index in [-0.39, 0.29) is 29.3 Å². The van der Waals surface area contributed by atoms with Gasteiger partial charge in [-0.15, -0.1) is 0 Å². The third-order valence-electron chi connectivity index (χ3n) is 4.35. The van der Waals surface area contributed by atoms with Crippen LogP contribution in [-0.2, 0) is 16.5 Å². The molecular weight excluding hydrogens is 332 g/mol. The van der Waals surface area contributed by atoms with Crippen molar-refractivity contribution in [3.05, 3.63) is 64.7 Å². The summed E-state index contributed by atoms with van der Waals surface area (Å²) in [6.45, 7) is 3.74. The number of allylic oxidation sites excluding steroid dienone is 2. The van der Waals surface area contributed by atoms with Crippen LogP contribution in [0.25, 0.3) is 0 Å². The van der Waals surface area contributed by atoms with Gasteiger partial charge in [0.25, 0.3) is 0 Å². The molecule has 0 saturated heterocycles. The standard InChI is InChI=1S/C20H20N2O4/c1-5-26-20(24)16-12(2)22(3)18-14(21-13-9-7-6-8-10-13)11-15(25-4)19(23)17(16)18/h6-11H,5H2,1-4H3. The normalized spacial score (nSPS) is 14.8. The number of methoxy groups -OCH3 is 1. The summed E-state index contributed by atoms with van der Waals surface area (Å²) < 4.78 is 12.2. The Morgan fingerprint density at radius 2 is 1.92 bits per heavy atom. The van der Waals surface area contributed by atoms with Crippen molar-refractivity contribution in [1.82, 2.24) is 4.57 Å². The van der Waals surface area contributed by atoms with Crippen molar-refractivity contribution in [2.45, 2.75) is 13.8 Å². The number of fused-ring (bicyclic) bond motifs is 1. The number of esters is 1. The monoisotopic (exact) mass is 352 g/mol. The molecule has 3 rings (SSSR count). The minimum Gasteiger partial charge on any atom is -0.493 e. The number of ether oxygens (including phenoxy) is 2. The molecule has 0 spiro atoms. The van der Waals surface area contributed by atoms with E-state index in [4.69, 9.17) is 9.47 Å². The second kappa shape index (κ2) is 7.00. The summed E-state index contributed by atoms with van der Waals surface area (Å²) in [6, 6.07) is 9.41. The predicted octanol–water partition coefficient (Wildman–Crippen LogP) is 3.36. The number of Topliss-reactive ketones (excluding diaryl/α,β-unsaturated/α-hetero) is 1. The van der Waals surface area contributed by atoms with Crippen LogP contribution < -0.4 is 0 Å². The fourth-order valence-electron chi connectivity index (χ4n) is 3.04. The van der Waals surface area contributed by atoms with E-state index in [1.165, 1.54) is 7.11 Å². The van der Waals surface area contributed by atoms with Crippen molar-refractivity contribution in [3.8, 4) is 0 Å². The highest BCUT2D eigenvalue weighted by Gasteiger charge is 2.36. The molecule has 0 bridgehead atoms. The van der Waals surface area contributed by atoms with Crippen molar-refractivity contribution in [2.24, 2.45) is 12.0 Å². The van der Waals surface area contributed by atoms with Crippen molar-refractivity contribution in [3.63, 3.8) is 0 Å². The first-order valence-corrected chi connectivity index (χ1v) is 8.30. The van der Waals surface area contributed by atoms with Crippen LogP contribution in [0.2, 0.25) is 0 Å². The van der Waals surface area contributed by atoms with Crippen molar-refractivity contribution >= 4 is 23.2 Å². The van der Waals surface area contributed by atoms with Gasteiger partial charge in [0.2, 0.25) is 5.78 Å². The molecule has 0 fully saturated rings. The van der Waals surface area contributed by atoms with E-state index in [2.05, 4.69) is 4.99 Å². The molecule has 1 aliphatic carbocycles. The molecular formula is C20H20N2O4. The van der Waals surface area contributed by atoms with E-state index >= 15 is 0 Å². The fourth-order valence-corrected chi connectivity index (χ4v) is 3.04. The number of aromatic nitrogens is 1. The SMILES string of the molecule is CCOC(=O)c1c2c(n(C)c1C)C(=Nc1ccccc1)C=C(OC)C2=O. The van der Waals surface area contributed by atoms with Gasteiger partial charge in [-0.25, -0.2) is 9.79 Å². The second-order valence-electron chi connectivity index (χ2n) is 5.84. The van der Waals surface area contributed by atoms with Gasteiger partial charge in [0.05, 0.1) is 41.9 Å². The van der Waals surface area contributed by atoms with Gasteiger partial charge in [-0.05, 0) is 26.0 Å². The van der Waals surface area contributed by atoms with Gasteiger partial charge in [-0.1, -0.05) is 18.2 Å². The molecule has 134 valence electrons. The summed E-state index contributed by atoms with van der Waals surface area (Å²) in [7, 11) is 3.23. The van der Waals surface area contributed by atoms with Crippen molar-refractivity contribution < 1.29 is 19.1 Å². The number of nitrogens with zero attached hydrogens (tertiary/aromatic N) is 2. The second-order valence-corrected chi connectivity index (χ2v) is 5.84. The van der Waals surface area contributed by atoms with Crippen LogP contribution in [-0.4, -0.2) is 35.7 Å². The van der Waals surface area contributed by atoms with Gasteiger partial charge in [0, 0.05) is 18.8 Å². The van der Waals surface area contributed by atoms with Gasteiger partial charge < -0.3 is 14.0 Å². The maximum absolute atomic E-state index is 12.9. The summed E-state index contributed by atoms with van der Waals surface area (Å²) in [5.41, 5.74) is 3.07. The van der Waals surface area contributed by atoms with Gasteiger partial charge in [0.15, 0.2) is 5.76 Å². The van der Waals surface area contributed by atoms with Crippen LogP contribution in [0.1, 0.15) is 39.0 Å². The number of aliphatic imine (C=N–C) groups is 1. The third kappa shape index (κ3) is 2.83. The van der Waals surface area contributed by atoms with Crippen LogP contribution in [0.15, 0.2) is 47.2 Å². The molecule has 0 atom stereocenters. The van der Waals surface area contributed by atoms with Crippen LogP contribution in [0.4, 0.5) is 5.69 Å². The Morgan fingerprint density at radius 3 is 2.54 bits per heavy atom. The number of rotatable bonds is 4. The first-order chi connectivity index (χ1) is 12.5. The molecule has 2 aromatic rings. The molecule has 0 unspecified atom stereocenters. The number of hydrogen-bond donors (Lipinski definition) is 0. The lowest BCUT2D eigenvalue weighted by atomic mass is 9.95. The zero-order valence-corrected chi connectivity index (χ0v) is 15.2. The highest BCUT2D eigenvalue weighted by atomic mass is 16.5. The van der Waals surface area contributed by atoms with E-state index in [0.717, 1.165) is 5.69 Å². The first kappa shape index (κ1) is 17.7. The Hall–Kier alpha value is -3.15. The summed E-state index contributed by atoms with van der Waals surface area (Å²) in [5, 5.41) is 0. The zero-order chi connectivity index (χ0) is 18.8. The minimum absolute atomic E-state index is 0.142. The van der Waals surface area contributed by atoms with Gasteiger partial charge in [0.1, 0.15) is 0 Å². The molecule has 6 nitrogen and oxygen atoms in total. The van der Waals surface area contributed by atoms with E-state index in [1.807, 2.05) is 30.3 Å². The highest BCUT2D eigenvalue weighted by molar-refractivity contribution is 6.28. The van der Waals surface area contributed by atoms with Crippen molar-refractivity contribution in [1.29, 1.82) is 0 Å². The van der Waals surface area contributed by atoms with Crippen LogP contribution in [0.5, 0.6) is 0 Å². The molecule has 0 aliphatic heterocycles. The number of carbonyl (C=O) groups is 2. The molecule has 1 aromatic heterocycles. The van der Waals surface area contributed by atoms with E-state index < -0.39 is 5.97 Å². The quantitative estimate of drug-likeness (QED) is 0.791. The molecule has 1 aliphatic rings. The summed E-state index contributed by atoms with van der Waals surface area (Å²) >= 11 is 0. The molecule has 1 aromatic carbocycles. The molecule has 0 saturated carbocycles. The Balaban J connectivity index is 2.27. The summed E-state index contributed by atoms with van der Waals surface area (Å²) in [6.07, 6.45) is 1.60. The number of hydrogen-bond acceptors (Lipinski definition) is 5. The Kier molecular flexibility index (Phi) is 4.75. The maximum Gasteiger partial charge on any atom is 0.340 e. The number of para-hydroxylation sites is 1. The van der Waals surface area contributed by atoms with Crippen molar-refractivity contribution in [2.75, 3.05) is 13.7 Å². The van der Waals surface area contributed by atoms with E-state index in [1.54, 1.807) is 31.5 Å².